The van der Waals surface area contributed by atoms with Gasteiger partial charge in [-0.1, -0.05) is 43.3 Å². The van der Waals surface area contributed by atoms with E-state index in [4.69, 9.17) is 4.74 Å². The zero-order valence-corrected chi connectivity index (χ0v) is 10.8. The van der Waals surface area contributed by atoms with Crippen LogP contribution in [0.25, 0.3) is 0 Å². The SMILES string of the molecule is C=C(C(=O)OCC)C(CC)c1ccc(C)cc1. The molecule has 1 aromatic rings. The Hall–Kier alpha value is -1.57. The van der Waals surface area contributed by atoms with E-state index in [9.17, 15) is 4.79 Å². The highest BCUT2D eigenvalue weighted by atomic mass is 16.5. The van der Waals surface area contributed by atoms with Crippen LogP contribution in [0.4, 0.5) is 0 Å². The van der Waals surface area contributed by atoms with Gasteiger partial charge in [-0.2, -0.15) is 0 Å². The maximum absolute atomic E-state index is 11.7. The molecule has 0 aromatic heterocycles. The smallest absolute Gasteiger partial charge is 0.334 e. The third kappa shape index (κ3) is 3.45. The van der Waals surface area contributed by atoms with Gasteiger partial charge in [0.2, 0.25) is 0 Å². The van der Waals surface area contributed by atoms with Crippen molar-refractivity contribution in [3.8, 4) is 0 Å². The fourth-order valence-electron chi connectivity index (χ4n) is 1.85. The van der Waals surface area contributed by atoms with Gasteiger partial charge in [-0.05, 0) is 25.8 Å². The summed E-state index contributed by atoms with van der Waals surface area (Å²) in [6, 6.07) is 8.20. The lowest BCUT2D eigenvalue weighted by atomic mass is 9.89. The van der Waals surface area contributed by atoms with Crippen molar-refractivity contribution < 1.29 is 9.53 Å². The van der Waals surface area contributed by atoms with Crippen molar-refractivity contribution in [2.45, 2.75) is 33.1 Å². The predicted octanol–water partition coefficient (Wildman–Crippen LogP) is 3.61. The Morgan fingerprint density at radius 3 is 2.35 bits per heavy atom. The second-order valence-corrected chi connectivity index (χ2v) is 4.12. The lowest BCUT2D eigenvalue weighted by Gasteiger charge is -2.17. The number of rotatable bonds is 5. The molecule has 0 aliphatic carbocycles. The van der Waals surface area contributed by atoms with E-state index in [0.29, 0.717) is 12.2 Å². The van der Waals surface area contributed by atoms with Gasteiger partial charge in [-0.3, -0.25) is 0 Å². The van der Waals surface area contributed by atoms with Crippen molar-refractivity contribution in [3.05, 3.63) is 47.5 Å². The lowest BCUT2D eigenvalue weighted by Crippen LogP contribution is -2.13. The standard InChI is InChI=1S/C15H20O2/c1-5-14(12(4)15(16)17-6-2)13-9-7-11(3)8-10-13/h7-10,14H,4-6H2,1-3H3. The van der Waals surface area contributed by atoms with E-state index in [1.165, 1.54) is 5.56 Å². The van der Waals surface area contributed by atoms with Crippen molar-refractivity contribution in [2.75, 3.05) is 6.61 Å². The van der Waals surface area contributed by atoms with Crippen LogP contribution in [0.1, 0.15) is 37.3 Å². The fourth-order valence-corrected chi connectivity index (χ4v) is 1.85. The second-order valence-electron chi connectivity index (χ2n) is 4.12. The molecule has 0 amide bonds. The minimum atomic E-state index is -0.292. The van der Waals surface area contributed by atoms with Crippen LogP contribution < -0.4 is 0 Å². The predicted molar refractivity (Wildman–Crippen MR) is 70.0 cm³/mol. The van der Waals surface area contributed by atoms with Crippen LogP contribution in [0.15, 0.2) is 36.4 Å². The third-order valence-electron chi connectivity index (χ3n) is 2.85. The number of aryl methyl sites for hydroxylation is 1. The first-order valence-electron chi connectivity index (χ1n) is 6.02. The fraction of sp³-hybridized carbons (Fsp3) is 0.400. The first-order valence-corrected chi connectivity index (χ1v) is 6.02. The van der Waals surface area contributed by atoms with E-state index in [0.717, 1.165) is 12.0 Å². The summed E-state index contributed by atoms with van der Waals surface area (Å²) in [5.74, 6) is -0.241. The van der Waals surface area contributed by atoms with Crippen molar-refractivity contribution >= 4 is 5.97 Å². The topological polar surface area (TPSA) is 26.3 Å². The summed E-state index contributed by atoms with van der Waals surface area (Å²) in [5, 5.41) is 0. The van der Waals surface area contributed by atoms with Crippen LogP contribution in [0.3, 0.4) is 0 Å². The first kappa shape index (κ1) is 13.5. The molecule has 92 valence electrons. The molecule has 0 heterocycles. The van der Waals surface area contributed by atoms with Crippen molar-refractivity contribution in [2.24, 2.45) is 0 Å². The number of hydrogen-bond acceptors (Lipinski definition) is 2. The Morgan fingerprint density at radius 2 is 1.88 bits per heavy atom. The van der Waals surface area contributed by atoms with E-state index >= 15 is 0 Å². The molecular formula is C15H20O2. The molecule has 17 heavy (non-hydrogen) atoms. The summed E-state index contributed by atoms with van der Waals surface area (Å²) in [4.78, 5) is 11.7. The lowest BCUT2D eigenvalue weighted by molar-refractivity contribution is -0.138. The molecule has 0 bridgehead atoms. The van der Waals surface area contributed by atoms with Gasteiger partial charge in [-0.25, -0.2) is 4.79 Å². The minimum absolute atomic E-state index is 0.0506. The number of carbonyl (C=O) groups is 1. The summed E-state index contributed by atoms with van der Waals surface area (Å²) in [6.45, 7) is 10.2. The third-order valence-corrected chi connectivity index (χ3v) is 2.85. The molecule has 0 aliphatic rings. The number of benzene rings is 1. The molecule has 2 heteroatoms. The molecule has 0 radical (unpaired) electrons. The molecule has 1 atom stereocenters. The first-order chi connectivity index (χ1) is 8.10. The van der Waals surface area contributed by atoms with E-state index in [1.807, 2.05) is 19.1 Å². The van der Waals surface area contributed by atoms with Gasteiger partial charge < -0.3 is 4.74 Å². The maximum Gasteiger partial charge on any atom is 0.334 e. The average Bonchev–Trinajstić information content (AvgIpc) is 2.32. The normalized spacial score (nSPS) is 11.9. The molecule has 0 saturated carbocycles. The molecule has 0 aliphatic heterocycles. The molecule has 0 spiro atoms. The summed E-state index contributed by atoms with van der Waals surface area (Å²) in [5.41, 5.74) is 2.87. The van der Waals surface area contributed by atoms with Crippen LogP contribution in [-0.2, 0) is 9.53 Å². The zero-order chi connectivity index (χ0) is 12.8. The van der Waals surface area contributed by atoms with Crippen molar-refractivity contribution in [1.82, 2.24) is 0 Å². The second kappa shape index (κ2) is 6.24. The van der Waals surface area contributed by atoms with Gasteiger partial charge >= 0.3 is 5.97 Å². The van der Waals surface area contributed by atoms with E-state index in [-0.39, 0.29) is 11.9 Å². The summed E-state index contributed by atoms with van der Waals surface area (Å²) in [7, 11) is 0. The van der Waals surface area contributed by atoms with Crippen molar-refractivity contribution in [1.29, 1.82) is 0 Å². The summed E-state index contributed by atoms with van der Waals surface area (Å²) < 4.78 is 4.99. The summed E-state index contributed by atoms with van der Waals surface area (Å²) in [6.07, 6.45) is 0.848. The molecule has 0 N–H and O–H groups in total. The number of hydrogen-bond donors (Lipinski definition) is 0. The highest BCUT2D eigenvalue weighted by molar-refractivity contribution is 5.89. The van der Waals surface area contributed by atoms with Crippen LogP contribution >= 0.6 is 0 Å². The molecule has 1 aromatic carbocycles. The highest BCUT2D eigenvalue weighted by Gasteiger charge is 2.19. The minimum Gasteiger partial charge on any atom is -0.463 e. The van der Waals surface area contributed by atoms with Crippen LogP contribution in [0, 0.1) is 6.92 Å². The maximum atomic E-state index is 11.7. The molecular weight excluding hydrogens is 212 g/mol. The monoisotopic (exact) mass is 232 g/mol. The molecule has 2 nitrogen and oxygen atoms in total. The average molecular weight is 232 g/mol. The molecule has 1 unspecified atom stereocenters. The number of ether oxygens (including phenoxy) is 1. The van der Waals surface area contributed by atoms with Gasteiger partial charge in [-0.15, -0.1) is 0 Å². The Bertz CT molecular complexity index is 390. The van der Waals surface area contributed by atoms with Gasteiger partial charge in [0.05, 0.1) is 6.61 Å². The van der Waals surface area contributed by atoms with Crippen molar-refractivity contribution in [3.63, 3.8) is 0 Å². The van der Waals surface area contributed by atoms with E-state index in [1.54, 1.807) is 6.92 Å². The quantitative estimate of drug-likeness (QED) is 0.572. The van der Waals surface area contributed by atoms with E-state index < -0.39 is 0 Å². The van der Waals surface area contributed by atoms with Gasteiger partial charge in [0.25, 0.3) is 0 Å². The van der Waals surface area contributed by atoms with E-state index in [2.05, 4.69) is 25.6 Å². The van der Waals surface area contributed by atoms with Gasteiger partial charge in [0, 0.05) is 11.5 Å². The highest BCUT2D eigenvalue weighted by Crippen LogP contribution is 2.27. The Morgan fingerprint density at radius 1 is 1.29 bits per heavy atom. The number of carbonyl (C=O) groups excluding carboxylic acids is 1. The van der Waals surface area contributed by atoms with Crippen LogP contribution in [0.2, 0.25) is 0 Å². The Balaban J connectivity index is 2.88. The summed E-state index contributed by atoms with van der Waals surface area (Å²) >= 11 is 0. The Kier molecular flexibility index (Phi) is 4.95. The Labute approximate surface area is 103 Å². The van der Waals surface area contributed by atoms with Crippen LogP contribution in [0.5, 0.6) is 0 Å². The van der Waals surface area contributed by atoms with Gasteiger partial charge in [0.15, 0.2) is 0 Å². The van der Waals surface area contributed by atoms with Crippen LogP contribution in [-0.4, -0.2) is 12.6 Å². The molecule has 0 fully saturated rings. The number of esters is 1. The molecule has 1 rings (SSSR count). The zero-order valence-electron chi connectivity index (χ0n) is 10.8. The van der Waals surface area contributed by atoms with Gasteiger partial charge in [0.1, 0.15) is 0 Å². The molecule has 0 saturated heterocycles. The largest absolute Gasteiger partial charge is 0.463 e.